The van der Waals surface area contributed by atoms with E-state index in [1.807, 2.05) is 0 Å². The van der Waals surface area contributed by atoms with E-state index in [0.717, 1.165) is 0 Å². The Morgan fingerprint density at radius 2 is 2.07 bits per heavy atom. The van der Waals surface area contributed by atoms with Crippen LogP contribution in [0.4, 0.5) is 13.2 Å². The maximum atomic E-state index is 12.0. The summed E-state index contributed by atoms with van der Waals surface area (Å²) in [6.07, 6.45) is -0.383. The highest BCUT2D eigenvalue weighted by molar-refractivity contribution is 8.00. The summed E-state index contributed by atoms with van der Waals surface area (Å²) in [4.78, 5) is 10.2. The highest BCUT2D eigenvalue weighted by Gasteiger charge is 2.29. The molecule has 15 heavy (non-hydrogen) atoms. The molecule has 0 fully saturated rings. The van der Waals surface area contributed by atoms with Crippen LogP contribution in [0.2, 0.25) is 0 Å². The lowest BCUT2D eigenvalue weighted by atomic mass is 10.2. The number of carbonyl (C=O) groups excluding carboxylic acids is 1. The van der Waals surface area contributed by atoms with E-state index in [1.54, 1.807) is 0 Å². The summed E-state index contributed by atoms with van der Waals surface area (Å²) in [6, 6.07) is 5.29. The molecule has 0 aromatic heterocycles. The Morgan fingerprint density at radius 3 is 2.60 bits per heavy atom. The smallest absolute Gasteiger partial charge is 0.446 e. The third-order valence-corrected chi connectivity index (χ3v) is 2.20. The number of benzene rings is 1. The summed E-state index contributed by atoms with van der Waals surface area (Å²) in [6.45, 7) is 0. The van der Waals surface area contributed by atoms with Crippen LogP contribution in [-0.2, 0) is 11.2 Å². The first kappa shape index (κ1) is 11.9. The molecule has 0 saturated heterocycles. The van der Waals surface area contributed by atoms with Gasteiger partial charge in [-0.05, 0) is 29.5 Å². The Bertz CT molecular complexity index is 363. The zero-order valence-electron chi connectivity index (χ0n) is 7.38. The molecule has 0 aliphatic heterocycles. The van der Waals surface area contributed by atoms with Crippen LogP contribution in [0.5, 0.6) is 0 Å². The predicted molar refractivity (Wildman–Crippen MR) is 47.1 cm³/mol. The van der Waals surface area contributed by atoms with Crippen molar-refractivity contribution in [2.75, 3.05) is 0 Å². The quantitative estimate of drug-likeness (QED) is 0.747. The summed E-state index contributed by atoms with van der Waals surface area (Å²) in [5.41, 5.74) is -4.07. The number of rotatable bonds is 3. The van der Waals surface area contributed by atoms with Crippen molar-refractivity contribution in [2.45, 2.75) is 16.8 Å². The van der Waals surface area contributed by atoms with Crippen LogP contribution in [0.1, 0.15) is 5.56 Å². The fraction of sp³-hybridized carbons (Fsp3) is 0.222. The first-order valence-corrected chi connectivity index (χ1v) is 4.73. The Labute approximate surface area is 88.1 Å². The number of hydrogen-bond donors (Lipinski definition) is 0. The lowest BCUT2D eigenvalue weighted by Crippen LogP contribution is -2.24. The Balaban J connectivity index is 2.79. The van der Waals surface area contributed by atoms with Crippen molar-refractivity contribution in [1.29, 1.82) is 0 Å². The standard InChI is InChI=1S/C9H7F3O2S/c10-9(11,12)15-7-3-1-2-6(4-7)5-8(13)14/h1-4H,5H2,(H,13,14)/p-1. The number of aliphatic carboxylic acids is 1. The number of alkyl halides is 3. The van der Waals surface area contributed by atoms with Gasteiger partial charge in [-0.2, -0.15) is 13.2 Å². The highest BCUT2D eigenvalue weighted by atomic mass is 32.2. The van der Waals surface area contributed by atoms with Gasteiger partial charge in [0.2, 0.25) is 0 Å². The Kier molecular flexibility index (Phi) is 3.62. The minimum atomic E-state index is -4.36. The summed E-state index contributed by atoms with van der Waals surface area (Å²) in [5.74, 6) is -1.32. The van der Waals surface area contributed by atoms with Crippen LogP contribution in [0.15, 0.2) is 29.2 Å². The zero-order chi connectivity index (χ0) is 11.5. The fourth-order valence-electron chi connectivity index (χ4n) is 1.02. The third kappa shape index (κ3) is 4.73. The second-order valence-corrected chi connectivity index (χ2v) is 3.88. The second-order valence-electron chi connectivity index (χ2n) is 2.74. The van der Waals surface area contributed by atoms with Gasteiger partial charge in [-0.3, -0.25) is 0 Å². The molecule has 0 spiro atoms. The maximum Gasteiger partial charge on any atom is 0.446 e. The number of carboxylic acids is 1. The molecule has 0 saturated carbocycles. The van der Waals surface area contributed by atoms with Gasteiger partial charge in [0.25, 0.3) is 0 Å². The molecule has 0 atom stereocenters. The van der Waals surface area contributed by atoms with E-state index in [1.165, 1.54) is 24.3 Å². The first-order chi connectivity index (χ1) is 6.87. The molecule has 0 unspecified atom stereocenters. The van der Waals surface area contributed by atoms with E-state index in [9.17, 15) is 23.1 Å². The Hall–Kier alpha value is -1.17. The van der Waals surface area contributed by atoms with Crippen molar-refractivity contribution >= 4 is 17.7 Å². The molecular weight excluding hydrogens is 229 g/mol. The van der Waals surface area contributed by atoms with Gasteiger partial charge in [0.1, 0.15) is 0 Å². The summed E-state index contributed by atoms with van der Waals surface area (Å²) in [7, 11) is 0. The van der Waals surface area contributed by atoms with Gasteiger partial charge in [-0.25, -0.2) is 0 Å². The molecule has 1 rings (SSSR count). The molecule has 2 nitrogen and oxygen atoms in total. The highest BCUT2D eigenvalue weighted by Crippen LogP contribution is 2.36. The number of thioether (sulfide) groups is 1. The average Bonchev–Trinajstić information content (AvgIpc) is 1.99. The number of carbonyl (C=O) groups is 1. The largest absolute Gasteiger partial charge is 0.550 e. The number of carboxylic acid groups (broad SMARTS) is 1. The minimum Gasteiger partial charge on any atom is -0.550 e. The van der Waals surface area contributed by atoms with Gasteiger partial charge in [0.05, 0.1) is 0 Å². The molecule has 0 aliphatic carbocycles. The lowest BCUT2D eigenvalue weighted by molar-refractivity contribution is -0.304. The Morgan fingerprint density at radius 1 is 1.40 bits per heavy atom. The fourth-order valence-corrected chi connectivity index (χ4v) is 1.64. The third-order valence-electron chi connectivity index (χ3n) is 1.48. The van der Waals surface area contributed by atoms with Gasteiger partial charge in [-0.1, -0.05) is 12.1 Å². The molecule has 0 aliphatic rings. The monoisotopic (exact) mass is 235 g/mol. The van der Waals surface area contributed by atoms with E-state index < -0.39 is 11.5 Å². The van der Waals surface area contributed by atoms with Crippen LogP contribution in [0.25, 0.3) is 0 Å². The van der Waals surface area contributed by atoms with Crippen molar-refractivity contribution in [2.24, 2.45) is 0 Å². The van der Waals surface area contributed by atoms with Crippen molar-refractivity contribution < 1.29 is 23.1 Å². The van der Waals surface area contributed by atoms with Crippen molar-refractivity contribution in [3.8, 4) is 0 Å². The minimum absolute atomic E-state index is 0.0266. The normalized spacial score (nSPS) is 11.4. The summed E-state index contributed by atoms with van der Waals surface area (Å²) in [5, 5.41) is 10.2. The number of hydrogen-bond acceptors (Lipinski definition) is 3. The first-order valence-electron chi connectivity index (χ1n) is 3.91. The predicted octanol–water partition coefficient (Wildman–Crippen LogP) is 1.59. The van der Waals surface area contributed by atoms with Crippen LogP contribution in [-0.4, -0.2) is 11.5 Å². The van der Waals surface area contributed by atoms with E-state index in [4.69, 9.17) is 0 Å². The van der Waals surface area contributed by atoms with Crippen LogP contribution < -0.4 is 5.11 Å². The lowest BCUT2D eigenvalue weighted by Gasteiger charge is -2.07. The van der Waals surface area contributed by atoms with Gasteiger partial charge in [0, 0.05) is 17.3 Å². The van der Waals surface area contributed by atoms with E-state index in [2.05, 4.69) is 0 Å². The van der Waals surface area contributed by atoms with Gasteiger partial charge >= 0.3 is 5.51 Å². The van der Waals surface area contributed by atoms with Crippen molar-refractivity contribution in [1.82, 2.24) is 0 Å². The molecule has 0 amide bonds. The molecule has 82 valence electrons. The van der Waals surface area contributed by atoms with Gasteiger partial charge in [-0.15, -0.1) is 0 Å². The zero-order valence-corrected chi connectivity index (χ0v) is 8.19. The summed E-state index contributed by atoms with van der Waals surface area (Å²) >= 11 is -0.271. The van der Waals surface area contributed by atoms with Crippen LogP contribution in [0.3, 0.4) is 0 Å². The van der Waals surface area contributed by atoms with Crippen LogP contribution >= 0.6 is 11.8 Å². The topological polar surface area (TPSA) is 40.1 Å². The van der Waals surface area contributed by atoms with Crippen LogP contribution in [0, 0.1) is 0 Å². The molecule has 0 heterocycles. The number of halogens is 3. The van der Waals surface area contributed by atoms with Gasteiger partial charge < -0.3 is 9.90 Å². The summed E-state index contributed by atoms with van der Waals surface area (Å²) < 4.78 is 35.9. The van der Waals surface area contributed by atoms with E-state index in [-0.39, 0.29) is 23.1 Å². The van der Waals surface area contributed by atoms with E-state index in [0.29, 0.717) is 5.56 Å². The average molecular weight is 235 g/mol. The van der Waals surface area contributed by atoms with Gasteiger partial charge in [0.15, 0.2) is 0 Å². The van der Waals surface area contributed by atoms with Crippen molar-refractivity contribution in [3.05, 3.63) is 29.8 Å². The molecule has 1 aromatic rings. The molecule has 0 bridgehead atoms. The van der Waals surface area contributed by atoms with E-state index >= 15 is 0 Å². The SMILES string of the molecule is O=C([O-])Cc1cccc(SC(F)(F)F)c1. The molecule has 1 aromatic carbocycles. The molecule has 0 radical (unpaired) electrons. The second kappa shape index (κ2) is 4.57. The molecular formula is C9H6F3O2S-. The van der Waals surface area contributed by atoms with Crippen molar-refractivity contribution in [3.63, 3.8) is 0 Å². The molecule has 0 N–H and O–H groups in total. The molecule has 6 heteroatoms. The maximum absolute atomic E-state index is 12.0.